The van der Waals surface area contributed by atoms with E-state index in [4.69, 9.17) is 16.0 Å². The Morgan fingerprint density at radius 1 is 1.50 bits per heavy atom. The van der Waals surface area contributed by atoms with Crippen molar-refractivity contribution in [2.75, 3.05) is 6.54 Å². The molecule has 1 aromatic heterocycles. The predicted molar refractivity (Wildman–Crippen MR) is 73.5 cm³/mol. The topological polar surface area (TPSA) is 94.1 Å². The number of hydrogen-bond donors (Lipinski definition) is 1. The van der Waals surface area contributed by atoms with Crippen LogP contribution in [0.1, 0.15) is 25.8 Å². The zero-order valence-electron chi connectivity index (χ0n) is 11.0. The third-order valence-corrected chi connectivity index (χ3v) is 2.94. The van der Waals surface area contributed by atoms with Crippen molar-refractivity contribution in [3.05, 3.63) is 39.2 Å². The van der Waals surface area contributed by atoms with E-state index in [1.807, 2.05) is 13.8 Å². The second-order valence-electron chi connectivity index (χ2n) is 4.14. The summed E-state index contributed by atoms with van der Waals surface area (Å²) >= 11 is 5.76. The van der Waals surface area contributed by atoms with Crippen LogP contribution in [0.2, 0.25) is 5.02 Å². The van der Waals surface area contributed by atoms with Gasteiger partial charge in [0.1, 0.15) is 5.56 Å². The number of benzene rings is 1. The minimum atomic E-state index is -0.529. The van der Waals surface area contributed by atoms with Crippen LogP contribution in [0.4, 0.5) is 5.69 Å². The zero-order valence-corrected chi connectivity index (χ0v) is 11.7. The Morgan fingerprint density at radius 3 is 2.90 bits per heavy atom. The number of nitro benzene ring substituents is 1. The van der Waals surface area contributed by atoms with Crippen molar-refractivity contribution in [3.63, 3.8) is 0 Å². The summed E-state index contributed by atoms with van der Waals surface area (Å²) in [5, 5.41) is 22.2. The van der Waals surface area contributed by atoms with E-state index in [1.165, 1.54) is 12.1 Å². The molecular formula is C12H13ClN4O3. The molecule has 0 aliphatic rings. The van der Waals surface area contributed by atoms with Gasteiger partial charge in [0.25, 0.3) is 11.6 Å². The monoisotopic (exact) mass is 296 g/mol. The molecular weight excluding hydrogens is 284 g/mol. The number of aromatic nitrogens is 2. The highest BCUT2D eigenvalue weighted by Gasteiger charge is 2.22. The van der Waals surface area contributed by atoms with Gasteiger partial charge in [0.15, 0.2) is 0 Å². The van der Waals surface area contributed by atoms with E-state index < -0.39 is 4.92 Å². The number of rotatable bonds is 5. The number of nitro groups is 1. The fraction of sp³-hybridized carbons (Fsp3) is 0.333. The maximum absolute atomic E-state index is 11.0. The van der Waals surface area contributed by atoms with Crippen molar-refractivity contribution in [1.29, 1.82) is 0 Å². The highest BCUT2D eigenvalue weighted by atomic mass is 35.5. The highest BCUT2D eigenvalue weighted by Crippen LogP contribution is 2.31. The second-order valence-corrected chi connectivity index (χ2v) is 4.58. The molecule has 106 valence electrons. The summed E-state index contributed by atoms with van der Waals surface area (Å²) in [5.74, 6) is 0.485. The summed E-state index contributed by atoms with van der Waals surface area (Å²) in [6.45, 7) is 4.58. The third-order valence-electron chi connectivity index (χ3n) is 2.71. The molecule has 1 unspecified atom stereocenters. The zero-order chi connectivity index (χ0) is 14.7. The first kappa shape index (κ1) is 14.4. The lowest BCUT2D eigenvalue weighted by atomic mass is 10.2. The fourth-order valence-corrected chi connectivity index (χ4v) is 1.91. The van der Waals surface area contributed by atoms with Crippen LogP contribution in [0.25, 0.3) is 11.5 Å². The van der Waals surface area contributed by atoms with Gasteiger partial charge in [0.05, 0.1) is 11.0 Å². The Hall–Kier alpha value is -1.99. The van der Waals surface area contributed by atoms with E-state index in [0.717, 1.165) is 6.54 Å². The van der Waals surface area contributed by atoms with Crippen LogP contribution in [-0.2, 0) is 0 Å². The summed E-state index contributed by atoms with van der Waals surface area (Å²) in [4.78, 5) is 10.5. The minimum absolute atomic E-state index is 0.105. The Morgan fingerprint density at radius 2 is 2.25 bits per heavy atom. The van der Waals surface area contributed by atoms with Gasteiger partial charge in [0.2, 0.25) is 5.89 Å². The average Bonchev–Trinajstić information content (AvgIpc) is 2.88. The smallest absolute Gasteiger partial charge is 0.283 e. The van der Waals surface area contributed by atoms with Crippen LogP contribution in [-0.4, -0.2) is 21.7 Å². The number of nitrogens with one attached hydrogen (secondary N) is 1. The van der Waals surface area contributed by atoms with E-state index in [1.54, 1.807) is 6.07 Å². The van der Waals surface area contributed by atoms with Crippen LogP contribution >= 0.6 is 11.6 Å². The van der Waals surface area contributed by atoms with Crippen molar-refractivity contribution in [2.24, 2.45) is 0 Å². The van der Waals surface area contributed by atoms with E-state index in [2.05, 4.69) is 15.5 Å². The van der Waals surface area contributed by atoms with Crippen molar-refractivity contribution in [3.8, 4) is 11.5 Å². The molecule has 1 N–H and O–H groups in total. The molecule has 1 aromatic carbocycles. The Bertz CT molecular complexity index is 629. The Labute approximate surface area is 120 Å². The van der Waals surface area contributed by atoms with Gasteiger partial charge in [-0.15, -0.1) is 10.2 Å². The number of nitrogens with zero attached hydrogens (tertiary/aromatic N) is 3. The van der Waals surface area contributed by atoms with Gasteiger partial charge in [-0.05, 0) is 25.6 Å². The van der Waals surface area contributed by atoms with Gasteiger partial charge >= 0.3 is 0 Å². The largest absolute Gasteiger partial charge is 0.419 e. The quantitative estimate of drug-likeness (QED) is 0.673. The summed E-state index contributed by atoms with van der Waals surface area (Å²) in [7, 11) is 0. The van der Waals surface area contributed by atoms with E-state index >= 15 is 0 Å². The summed E-state index contributed by atoms with van der Waals surface area (Å²) in [5.41, 5.74) is 0.0886. The normalized spacial score (nSPS) is 12.3. The SMILES string of the molecule is CCNC(C)c1nnc(-c2ccc(Cl)cc2[N+](=O)[O-])o1. The van der Waals surface area contributed by atoms with E-state index in [0.29, 0.717) is 5.89 Å². The summed E-state index contributed by atoms with van der Waals surface area (Å²) < 4.78 is 5.48. The van der Waals surface area contributed by atoms with E-state index in [9.17, 15) is 10.1 Å². The molecule has 1 heterocycles. The van der Waals surface area contributed by atoms with Crippen LogP contribution in [0.15, 0.2) is 22.6 Å². The second kappa shape index (κ2) is 5.98. The Kier molecular flexibility index (Phi) is 4.31. The molecule has 0 amide bonds. The minimum Gasteiger partial charge on any atom is -0.419 e. The molecule has 8 heteroatoms. The predicted octanol–water partition coefficient (Wildman–Crippen LogP) is 2.97. The fourth-order valence-electron chi connectivity index (χ4n) is 1.75. The first-order valence-electron chi connectivity index (χ1n) is 6.04. The number of halogens is 1. The van der Waals surface area contributed by atoms with Crippen molar-refractivity contribution in [2.45, 2.75) is 19.9 Å². The third kappa shape index (κ3) is 2.94. The Balaban J connectivity index is 2.40. The van der Waals surface area contributed by atoms with Gasteiger partial charge in [0, 0.05) is 11.1 Å². The lowest BCUT2D eigenvalue weighted by Gasteiger charge is -2.05. The van der Waals surface area contributed by atoms with Crippen molar-refractivity contribution in [1.82, 2.24) is 15.5 Å². The average molecular weight is 297 g/mol. The van der Waals surface area contributed by atoms with Crippen LogP contribution in [0.5, 0.6) is 0 Å². The van der Waals surface area contributed by atoms with Gasteiger partial charge in [-0.25, -0.2) is 0 Å². The molecule has 0 spiro atoms. The van der Waals surface area contributed by atoms with Crippen LogP contribution < -0.4 is 5.32 Å². The molecule has 1 atom stereocenters. The lowest BCUT2D eigenvalue weighted by Crippen LogP contribution is -2.17. The molecule has 0 aliphatic heterocycles. The summed E-state index contributed by atoms with van der Waals surface area (Å²) in [6, 6.07) is 4.18. The molecule has 2 rings (SSSR count). The molecule has 0 bridgehead atoms. The van der Waals surface area contributed by atoms with Crippen LogP contribution in [0.3, 0.4) is 0 Å². The van der Waals surface area contributed by atoms with Crippen molar-refractivity contribution >= 4 is 17.3 Å². The molecule has 7 nitrogen and oxygen atoms in total. The molecule has 0 aliphatic carbocycles. The van der Waals surface area contributed by atoms with Gasteiger partial charge < -0.3 is 9.73 Å². The summed E-state index contributed by atoms with van der Waals surface area (Å²) in [6.07, 6.45) is 0. The van der Waals surface area contributed by atoms with Gasteiger partial charge in [-0.3, -0.25) is 10.1 Å². The van der Waals surface area contributed by atoms with Crippen molar-refractivity contribution < 1.29 is 9.34 Å². The molecule has 0 saturated carbocycles. The van der Waals surface area contributed by atoms with Crippen LogP contribution in [0, 0.1) is 10.1 Å². The maximum atomic E-state index is 11.0. The lowest BCUT2D eigenvalue weighted by molar-refractivity contribution is -0.384. The number of hydrogen-bond acceptors (Lipinski definition) is 6. The van der Waals surface area contributed by atoms with E-state index in [-0.39, 0.29) is 28.2 Å². The molecule has 0 fully saturated rings. The molecule has 2 aromatic rings. The standard InChI is InChI=1S/C12H13ClN4O3/c1-3-14-7(2)11-15-16-12(20-11)9-5-4-8(13)6-10(9)17(18)19/h4-7,14H,3H2,1-2H3. The molecule has 20 heavy (non-hydrogen) atoms. The first-order valence-corrected chi connectivity index (χ1v) is 6.41. The molecule has 0 radical (unpaired) electrons. The first-order chi connectivity index (χ1) is 9.52. The maximum Gasteiger partial charge on any atom is 0.283 e. The highest BCUT2D eigenvalue weighted by molar-refractivity contribution is 6.30. The molecule has 0 saturated heterocycles. The van der Waals surface area contributed by atoms with Gasteiger partial charge in [-0.2, -0.15) is 0 Å². The van der Waals surface area contributed by atoms with Gasteiger partial charge in [-0.1, -0.05) is 18.5 Å².